The maximum atomic E-state index is 12.5. The van der Waals surface area contributed by atoms with Crippen LogP contribution >= 0.6 is 0 Å². The molecule has 4 nitrogen and oxygen atoms in total. The largest absolute Gasteiger partial charge is 0.351 e. The summed E-state index contributed by atoms with van der Waals surface area (Å²) < 4.78 is 14.0. The molecule has 2 unspecified atom stereocenters. The van der Waals surface area contributed by atoms with Crippen molar-refractivity contribution < 1.29 is 9.00 Å². The van der Waals surface area contributed by atoms with Crippen LogP contribution < -0.4 is 5.32 Å². The first-order valence-corrected chi connectivity index (χ1v) is 8.50. The fourth-order valence-corrected chi connectivity index (χ4v) is 3.89. The molecule has 0 bridgehead atoms. The van der Waals surface area contributed by atoms with Crippen molar-refractivity contribution in [2.24, 2.45) is 0 Å². The zero-order valence-corrected chi connectivity index (χ0v) is 13.8. The van der Waals surface area contributed by atoms with E-state index in [1.807, 2.05) is 55.4 Å². The second-order valence-electron chi connectivity index (χ2n) is 6.36. The van der Waals surface area contributed by atoms with Gasteiger partial charge >= 0.3 is 0 Å². The van der Waals surface area contributed by atoms with Crippen molar-refractivity contribution in [3.05, 3.63) is 35.9 Å². The van der Waals surface area contributed by atoms with Gasteiger partial charge in [0.1, 0.15) is 17.0 Å². The van der Waals surface area contributed by atoms with Crippen LogP contribution in [0, 0.1) is 0 Å². The predicted molar refractivity (Wildman–Crippen MR) is 85.9 cm³/mol. The third kappa shape index (κ3) is 4.14. The molecule has 0 saturated carbocycles. The predicted octanol–water partition coefficient (Wildman–Crippen LogP) is 2.23. The van der Waals surface area contributed by atoms with Crippen molar-refractivity contribution in [1.29, 1.82) is 0 Å². The van der Waals surface area contributed by atoms with Crippen molar-refractivity contribution in [3.8, 4) is 0 Å². The highest BCUT2D eigenvalue weighted by molar-refractivity contribution is 7.84. The lowest BCUT2D eigenvalue weighted by Gasteiger charge is -2.29. The molecule has 2 atom stereocenters. The van der Waals surface area contributed by atoms with Crippen LogP contribution in [0.15, 0.2) is 30.3 Å². The molecule has 2 rings (SSSR count). The molecule has 1 aliphatic rings. The number of carbonyl (C=O) groups excluding carboxylic acids is 1. The number of nitrogens with one attached hydrogen (secondary N) is 1. The molecule has 1 amide bonds. The fourth-order valence-electron chi connectivity index (χ4n) is 2.46. The number of amides is 1. The van der Waals surface area contributed by atoms with E-state index in [1.165, 1.54) is 0 Å². The molecule has 1 saturated heterocycles. The fraction of sp³-hybridized carbons (Fsp3) is 0.562. The highest BCUT2D eigenvalue weighted by Gasteiger charge is 2.38. The highest BCUT2D eigenvalue weighted by Crippen LogP contribution is 2.25. The summed E-state index contributed by atoms with van der Waals surface area (Å²) in [5, 5.41) is 2.96. The van der Waals surface area contributed by atoms with E-state index in [9.17, 15) is 9.00 Å². The summed E-state index contributed by atoms with van der Waals surface area (Å²) in [4.78, 5) is 12.4. The van der Waals surface area contributed by atoms with Gasteiger partial charge in [0.05, 0.1) is 4.75 Å². The lowest BCUT2D eigenvalue weighted by Crippen LogP contribution is -2.47. The van der Waals surface area contributed by atoms with E-state index in [4.69, 9.17) is 0 Å². The first kappa shape index (κ1) is 16.2. The van der Waals surface area contributed by atoms with Crippen molar-refractivity contribution >= 4 is 16.9 Å². The van der Waals surface area contributed by atoms with Crippen LogP contribution in [0.4, 0.5) is 0 Å². The molecule has 1 aliphatic heterocycles. The molecule has 0 spiro atoms. The van der Waals surface area contributed by atoms with Crippen LogP contribution in [0.1, 0.15) is 39.2 Å². The minimum Gasteiger partial charge on any atom is -0.351 e. The normalized spacial score (nSPS) is 21.2. The van der Waals surface area contributed by atoms with Gasteiger partial charge in [-0.2, -0.15) is 0 Å². The third-order valence-corrected chi connectivity index (χ3v) is 5.46. The maximum Gasteiger partial charge on any atom is 0.238 e. The Bertz CT molecular complexity index is 511. The van der Waals surface area contributed by atoms with Crippen LogP contribution in [0.2, 0.25) is 0 Å². The molecule has 1 heterocycles. The molecule has 5 heteroatoms. The van der Waals surface area contributed by atoms with Crippen LogP contribution in [0.3, 0.4) is 0 Å². The third-order valence-electron chi connectivity index (χ3n) is 3.55. The van der Waals surface area contributed by atoms with E-state index in [0.717, 1.165) is 24.9 Å². The SMILES string of the molecule is CC(C)(C)S(=O)N1CCCC1C(=O)NCc1ccccc1. The monoisotopic (exact) mass is 308 g/mol. The van der Waals surface area contributed by atoms with E-state index < -0.39 is 11.0 Å². The van der Waals surface area contributed by atoms with Crippen LogP contribution in [-0.4, -0.2) is 31.8 Å². The zero-order valence-electron chi connectivity index (χ0n) is 13.0. The van der Waals surface area contributed by atoms with Gasteiger partial charge in [-0.05, 0) is 39.2 Å². The van der Waals surface area contributed by atoms with Crippen molar-refractivity contribution in [1.82, 2.24) is 9.62 Å². The van der Waals surface area contributed by atoms with Gasteiger partial charge in [-0.3, -0.25) is 4.79 Å². The molecule has 0 aromatic heterocycles. The topological polar surface area (TPSA) is 49.4 Å². The average Bonchev–Trinajstić information content (AvgIpc) is 2.93. The molecular weight excluding hydrogens is 284 g/mol. The van der Waals surface area contributed by atoms with Gasteiger partial charge in [0.25, 0.3) is 0 Å². The molecular formula is C16H24N2O2S. The number of rotatable bonds is 4. The Hall–Kier alpha value is -1.20. The Kier molecular flexibility index (Phi) is 5.17. The zero-order chi connectivity index (χ0) is 15.5. The Morgan fingerprint density at radius 2 is 2.00 bits per heavy atom. The van der Waals surface area contributed by atoms with Crippen molar-refractivity contribution in [2.45, 2.75) is 50.9 Å². The molecule has 1 aromatic carbocycles. The summed E-state index contributed by atoms with van der Waals surface area (Å²) in [6.45, 7) is 7.08. The van der Waals surface area contributed by atoms with Gasteiger partial charge in [0.15, 0.2) is 0 Å². The molecule has 116 valence electrons. The minimum atomic E-state index is -1.14. The Balaban J connectivity index is 1.96. The van der Waals surface area contributed by atoms with E-state index >= 15 is 0 Å². The Morgan fingerprint density at radius 1 is 1.33 bits per heavy atom. The smallest absolute Gasteiger partial charge is 0.238 e. The van der Waals surface area contributed by atoms with Gasteiger partial charge in [-0.1, -0.05) is 30.3 Å². The average molecular weight is 308 g/mol. The minimum absolute atomic E-state index is 0.0195. The number of carbonyl (C=O) groups is 1. The van der Waals surface area contributed by atoms with E-state index in [-0.39, 0.29) is 16.7 Å². The van der Waals surface area contributed by atoms with E-state index in [0.29, 0.717) is 6.54 Å². The van der Waals surface area contributed by atoms with Gasteiger partial charge in [-0.15, -0.1) is 0 Å². The van der Waals surface area contributed by atoms with Crippen LogP contribution in [-0.2, 0) is 22.3 Å². The molecule has 1 fully saturated rings. The van der Waals surface area contributed by atoms with Gasteiger partial charge in [0.2, 0.25) is 5.91 Å². The van der Waals surface area contributed by atoms with Crippen LogP contribution in [0.25, 0.3) is 0 Å². The van der Waals surface area contributed by atoms with Crippen molar-refractivity contribution in [2.75, 3.05) is 6.54 Å². The number of nitrogens with zero attached hydrogens (tertiary/aromatic N) is 1. The summed E-state index contributed by atoms with van der Waals surface area (Å²) in [6.07, 6.45) is 1.70. The summed E-state index contributed by atoms with van der Waals surface area (Å²) in [5.41, 5.74) is 1.08. The summed E-state index contributed by atoms with van der Waals surface area (Å²) >= 11 is 0. The lowest BCUT2D eigenvalue weighted by atomic mass is 10.2. The maximum absolute atomic E-state index is 12.5. The Labute approximate surface area is 129 Å². The Morgan fingerprint density at radius 3 is 2.62 bits per heavy atom. The molecule has 1 N–H and O–H groups in total. The number of benzene rings is 1. The number of hydrogen-bond acceptors (Lipinski definition) is 2. The highest BCUT2D eigenvalue weighted by atomic mass is 32.2. The standard InChI is InChI=1S/C16H24N2O2S/c1-16(2,3)21(20)18-11-7-10-14(18)15(19)17-12-13-8-5-4-6-9-13/h4-6,8-9,14H,7,10-12H2,1-3H3,(H,17,19). The van der Waals surface area contributed by atoms with Gasteiger partial charge in [-0.25, -0.2) is 8.51 Å². The molecule has 21 heavy (non-hydrogen) atoms. The molecule has 0 radical (unpaired) electrons. The van der Waals surface area contributed by atoms with Crippen LogP contribution in [0.5, 0.6) is 0 Å². The first-order chi connectivity index (χ1) is 9.89. The van der Waals surface area contributed by atoms with Gasteiger partial charge < -0.3 is 5.32 Å². The second-order valence-corrected chi connectivity index (χ2v) is 8.56. The van der Waals surface area contributed by atoms with E-state index in [1.54, 1.807) is 0 Å². The van der Waals surface area contributed by atoms with E-state index in [2.05, 4.69) is 5.32 Å². The lowest BCUT2D eigenvalue weighted by molar-refractivity contribution is -0.124. The molecule has 1 aromatic rings. The first-order valence-electron chi connectivity index (χ1n) is 7.40. The summed E-state index contributed by atoms with van der Waals surface area (Å²) in [6, 6.07) is 9.57. The van der Waals surface area contributed by atoms with Crippen molar-refractivity contribution in [3.63, 3.8) is 0 Å². The quantitative estimate of drug-likeness (QED) is 0.927. The van der Waals surface area contributed by atoms with Gasteiger partial charge in [0, 0.05) is 13.1 Å². The summed E-state index contributed by atoms with van der Waals surface area (Å²) in [7, 11) is -1.14. The molecule has 0 aliphatic carbocycles. The second kappa shape index (κ2) is 6.71. The number of hydrogen-bond donors (Lipinski definition) is 1. The summed E-state index contributed by atoms with van der Waals surface area (Å²) in [5.74, 6) is -0.0195.